The first-order valence-electron chi connectivity index (χ1n) is 7.55. The molecule has 3 aromatic rings. The maximum atomic E-state index is 12.5. The van der Waals surface area contributed by atoms with Crippen molar-refractivity contribution >= 4 is 22.4 Å². The van der Waals surface area contributed by atoms with Crippen molar-refractivity contribution in [3.05, 3.63) is 59.1 Å². The number of carbonyl (C=O) groups excluding carboxylic acids is 1. The summed E-state index contributed by atoms with van der Waals surface area (Å²) >= 11 is 1.40. The van der Waals surface area contributed by atoms with Gasteiger partial charge in [0.1, 0.15) is 4.88 Å². The van der Waals surface area contributed by atoms with Crippen LogP contribution in [0.4, 0.5) is 5.13 Å². The number of rotatable bonds is 5. The van der Waals surface area contributed by atoms with Gasteiger partial charge in [0.25, 0.3) is 5.91 Å². The molecule has 7 heteroatoms. The number of nitrogens with zero attached hydrogens (tertiary/aromatic N) is 4. The fraction of sp³-hybridized carbons (Fsp3) is 0.235. The predicted octanol–water partition coefficient (Wildman–Crippen LogP) is 2.63. The standard InChI is InChI=1S/C17H19N5OS/c1-12-15(24-17(20-12)21(2)3)16(23)19-10-13-6-4-5-7-14(13)22-9-8-18-11-22/h4-9,11H,10H2,1-3H3,(H,19,23). The SMILES string of the molecule is Cc1nc(N(C)C)sc1C(=O)NCc1ccccc1-n1ccnc1. The Labute approximate surface area is 144 Å². The van der Waals surface area contributed by atoms with E-state index in [2.05, 4.69) is 15.3 Å². The maximum Gasteiger partial charge on any atom is 0.263 e. The number of carbonyl (C=O) groups is 1. The second kappa shape index (κ2) is 6.84. The van der Waals surface area contributed by atoms with Crippen molar-refractivity contribution in [1.29, 1.82) is 0 Å². The summed E-state index contributed by atoms with van der Waals surface area (Å²) in [6, 6.07) is 7.94. The summed E-state index contributed by atoms with van der Waals surface area (Å²) < 4.78 is 1.93. The second-order valence-electron chi connectivity index (χ2n) is 5.59. The monoisotopic (exact) mass is 341 g/mol. The summed E-state index contributed by atoms with van der Waals surface area (Å²) in [5, 5.41) is 3.82. The summed E-state index contributed by atoms with van der Waals surface area (Å²) in [6.07, 6.45) is 5.37. The summed E-state index contributed by atoms with van der Waals surface area (Å²) in [6.45, 7) is 2.31. The minimum absolute atomic E-state index is 0.0986. The van der Waals surface area contributed by atoms with Crippen LogP contribution in [-0.2, 0) is 6.54 Å². The number of hydrogen-bond donors (Lipinski definition) is 1. The van der Waals surface area contributed by atoms with Crippen LogP contribution in [0.15, 0.2) is 43.0 Å². The maximum absolute atomic E-state index is 12.5. The lowest BCUT2D eigenvalue weighted by atomic mass is 10.1. The number of anilines is 1. The molecule has 0 spiro atoms. The van der Waals surface area contributed by atoms with Crippen LogP contribution in [0.3, 0.4) is 0 Å². The zero-order valence-electron chi connectivity index (χ0n) is 13.9. The first kappa shape index (κ1) is 16.2. The van der Waals surface area contributed by atoms with Crippen molar-refractivity contribution in [2.75, 3.05) is 19.0 Å². The molecule has 0 saturated carbocycles. The Morgan fingerprint density at radius 2 is 2.12 bits per heavy atom. The van der Waals surface area contributed by atoms with E-state index in [1.54, 1.807) is 12.5 Å². The molecule has 0 aliphatic carbocycles. The Morgan fingerprint density at radius 3 is 2.79 bits per heavy atom. The molecule has 0 bridgehead atoms. The molecule has 0 fully saturated rings. The lowest BCUT2D eigenvalue weighted by Gasteiger charge is -2.11. The Balaban J connectivity index is 1.76. The van der Waals surface area contributed by atoms with Gasteiger partial charge in [0.2, 0.25) is 0 Å². The summed E-state index contributed by atoms with van der Waals surface area (Å²) in [5.74, 6) is -0.0986. The van der Waals surface area contributed by atoms with Gasteiger partial charge < -0.3 is 14.8 Å². The first-order chi connectivity index (χ1) is 11.6. The molecule has 0 radical (unpaired) electrons. The van der Waals surface area contributed by atoms with E-state index in [1.165, 1.54) is 11.3 Å². The summed E-state index contributed by atoms with van der Waals surface area (Å²) in [7, 11) is 3.84. The molecule has 0 aliphatic rings. The predicted molar refractivity (Wildman–Crippen MR) is 95.9 cm³/mol. The number of benzene rings is 1. The van der Waals surface area contributed by atoms with Gasteiger partial charge in [0.15, 0.2) is 5.13 Å². The minimum atomic E-state index is -0.0986. The molecule has 0 atom stereocenters. The Kier molecular flexibility index (Phi) is 4.61. The number of para-hydroxylation sites is 1. The van der Waals surface area contributed by atoms with Crippen molar-refractivity contribution in [2.45, 2.75) is 13.5 Å². The number of amides is 1. The zero-order chi connectivity index (χ0) is 17.1. The van der Waals surface area contributed by atoms with E-state index in [1.807, 2.05) is 60.9 Å². The van der Waals surface area contributed by atoms with E-state index in [4.69, 9.17) is 0 Å². The molecule has 0 unspecified atom stereocenters. The van der Waals surface area contributed by atoms with Crippen molar-refractivity contribution in [3.8, 4) is 5.69 Å². The molecule has 0 saturated heterocycles. The van der Waals surface area contributed by atoms with Gasteiger partial charge in [-0.1, -0.05) is 29.5 Å². The number of thiazole rings is 1. The van der Waals surface area contributed by atoms with Crippen LogP contribution in [0.5, 0.6) is 0 Å². The normalized spacial score (nSPS) is 10.6. The summed E-state index contributed by atoms with van der Waals surface area (Å²) in [4.78, 5) is 23.5. The third-order valence-corrected chi connectivity index (χ3v) is 4.91. The van der Waals surface area contributed by atoms with Gasteiger partial charge in [-0.15, -0.1) is 0 Å². The van der Waals surface area contributed by atoms with Gasteiger partial charge in [-0.3, -0.25) is 4.79 Å². The fourth-order valence-electron chi connectivity index (χ4n) is 2.35. The average molecular weight is 341 g/mol. The van der Waals surface area contributed by atoms with Crippen LogP contribution in [0.25, 0.3) is 5.69 Å². The van der Waals surface area contributed by atoms with Crippen LogP contribution >= 0.6 is 11.3 Å². The van der Waals surface area contributed by atoms with Crippen molar-refractivity contribution in [3.63, 3.8) is 0 Å². The quantitative estimate of drug-likeness (QED) is 0.775. The third-order valence-electron chi connectivity index (χ3n) is 3.59. The molecule has 1 aromatic carbocycles. The lowest BCUT2D eigenvalue weighted by molar-refractivity contribution is 0.0954. The van der Waals surface area contributed by atoms with Crippen LogP contribution in [0, 0.1) is 6.92 Å². The Hall–Kier alpha value is -2.67. The molecule has 2 heterocycles. The van der Waals surface area contributed by atoms with Gasteiger partial charge >= 0.3 is 0 Å². The van der Waals surface area contributed by atoms with Gasteiger partial charge in [0, 0.05) is 33.0 Å². The lowest BCUT2D eigenvalue weighted by Crippen LogP contribution is -2.23. The van der Waals surface area contributed by atoms with E-state index in [0.717, 1.165) is 22.1 Å². The van der Waals surface area contributed by atoms with Gasteiger partial charge in [-0.05, 0) is 18.6 Å². The topological polar surface area (TPSA) is 63.1 Å². The zero-order valence-corrected chi connectivity index (χ0v) is 14.7. The molecule has 0 aliphatic heterocycles. The first-order valence-corrected chi connectivity index (χ1v) is 8.37. The molecule has 3 rings (SSSR count). The van der Waals surface area contributed by atoms with E-state index in [0.29, 0.717) is 11.4 Å². The number of aryl methyl sites for hydroxylation is 1. The van der Waals surface area contributed by atoms with Gasteiger partial charge in [-0.25, -0.2) is 9.97 Å². The molecule has 24 heavy (non-hydrogen) atoms. The number of imidazole rings is 1. The number of nitrogens with one attached hydrogen (secondary N) is 1. The Morgan fingerprint density at radius 1 is 1.33 bits per heavy atom. The van der Waals surface area contributed by atoms with Crippen LogP contribution in [-0.4, -0.2) is 34.5 Å². The van der Waals surface area contributed by atoms with Crippen LogP contribution < -0.4 is 10.2 Å². The average Bonchev–Trinajstić information content (AvgIpc) is 3.22. The molecular formula is C17H19N5OS. The number of aromatic nitrogens is 3. The molecule has 1 amide bonds. The highest BCUT2D eigenvalue weighted by atomic mass is 32.1. The largest absolute Gasteiger partial charge is 0.354 e. The molecular weight excluding hydrogens is 322 g/mol. The molecule has 6 nitrogen and oxygen atoms in total. The van der Waals surface area contributed by atoms with Gasteiger partial charge in [-0.2, -0.15) is 0 Å². The molecule has 2 aromatic heterocycles. The fourth-order valence-corrected chi connectivity index (χ4v) is 3.26. The second-order valence-corrected chi connectivity index (χ2v) is 6.56. The van der Waals surface area contributed by atoms with E-state index < -0.39 is 0 Å². The van der Waals surface area contributed by atoms with E-state index in [-0.39, 0.29) is 5.91 Å². The van der Waals surface area contributed by atoms with Crippen LogP contribution in [0.2, 0.25) is 0 Å². The molecule has 1 N–H and O–H groups in total. The van der Waals surface area contributed by atoms with Crippen molar-refractivity contribution in [1.82, 2.24) is 19.9 Å². The highest BCUT2D eigenvalue weighted by Gasteiger charge is 2.16. The number of hydrogen-bond acceptors (Lipinski definition) is 5. The van der Waals surface area contributed by atoms with E-state index >= 15 is 0 Å². The smallest absolute Gasteiger partial charge is 0.263 e. The third kappa shape index (κ3) is 3.30. The van der Waals surface area contributed by atoms with Crippen LogP contribution in [0.1, 0.15) is 20.9 Å². The van der Waals surface area contributed by atoms with E-state index in [9.17, 15) is 4.79 Å². The minimum Gasteiger partial charge on any atom is -0.354 e. The summed E-state index contributed by atoms with van der Waals surface area (Å²) in [5.41, 5.74) is 2.79. The van der Waals surface area contributed by atoms with Crippen molar-refractivity contribution < 1.29 is 4.79 Å². The van der Waals surface area contributed by atoms with Gasteiger partial charge in [0.05, 0.1) is 17.7 Å². The Bertz CT molecular complexity index is 839. The van der Waals surface area contributed by atoms with Crippen molar-refractivity contribution in [2.24, 2.45) is 0 Å². The highest BCUT2D eigenvalue weighted by molar-refractivity contribution is 7.17. The highest BCUT2D eigenvalue weighted by Crippen LogP contribution is 2.24. The molecule has 124 valence electrons.